The summed E-state index contributed by atoms with van der Waals surface area (Å²) in [6, 6.07) is 7.37. The molecule has 0 unspecified atom stereocenters. The van der Waals surface area contributed by atoms with Crippen molar-refractivity contribution in [1.82, 2.24) is 46.5 Å². The first-order chi connectivity index (χ1) is 23.7. The van der Waals surface area contributed by atoms with Crippen LogP contribution in [0.4, 0.5) is 9.59 Å². The third-order valence-corrected chi connectivity index (χ3v) is 10.6. The minimum Gasteiger partial charge on any atom is -0.508 e. The zero-order valence-corrected chi connectivity index (χ0v) is 31.3. The molecule has 1 aromatic heterocycles. The summed E-state index contributed by atoms with van der Waals surface area (Å²) in [4.78, 5) is 38.6. The number of hydrogen-bond acceptors (Lipinski definition) is 9. The molecule has 14 nitrogen and oxygen atoms in total. The van der Waals surface area contributed by atoms with E-state index in [9.17, 15) is 19.5 Å². The first kappa shape index (κ1) is 39.2. The average molecular weight is 716 g/mol. The summed E-state index contributed by atoms with van der Waals surface area (Å²) in [5.74, 6) is 1.24. The predicted octanol–water partition coefficient (Wildman–Crippen LogP) is 2.80. The zero-order valence-electron chi connectivity index (χ0n) is 30.5. The third-order valence-electron chi connectivity index (χ3n) is 9.11. The lowest BCUT2D eigenvalue weighted by molar-refractivity contribution is -0.134. The van der Waals surface area contributed by atoms with E-state index in [1.54, 1.807) is 16.8 Å². The van der Waals surface area contributed by atoms with Gasteiger partial charge < -0.3 is 41.3 Å². The van der Waals surface area contributed by atoms with Gasteiger partial charge in [0, 0.05) is 55.7 Å². The number of hydrogen-bond donors (Lipinski definition) is 6. The molecule has 0 spiro atoms. The van der Waals surface area contributed by atoms with Crippen LogP contribution < -0.4 is 26.6 Å². The highest BCUT2D eigenvalue weighted by molar-refractivity contribution is 8.00. The van der Waals surface area contributed by atoms with Crippen molar-refractivity contribution in [2.45, 2.75) is 114 Å². The van der Waals surface area contributed by atoms with E-state index in [-0.39, 0.29) is 41.8 Å². The molecule has 2 aromatic rings. The molecule has 2 fully saturated rings. The van der Waals surface area contributed by atoms with Crippen LogP contribution in [0.25, 0.3) is 0 Å². The van der Waals surface area contributed by atoms with E-state index in [1.807, 2.05) is 71.9 Å². The molecule has 0 bridgehead atoms. The Kier molecular flexibility index (Phi) is 14.2. The Bertz CT molecular complexity index is 1400. The minimum atomic E-state index is -0.536. The smallest absolute Gasteiger partial charge is 0.315 e. The lowest BCUT2D eigenvalue weighted by Gasteiger charge is -2.36. The van der Waals surface area contributed by atoms with Gasteiger partial charge in [0.2, 0.25) is 5.91 Å². The maximum absolute atomic E-state index is 12.5. The number of phenols is 1. The average Bonchev–Trinajstić information content (AvgIpc) is 3.73. The van der Waals surface area contributed by atoms with Crippen LogP contribution in [0, 0.1) is 0 Å². The van der Waals surface area contributed by atoms with E-state index >= 15 is 0 Å². The highest BCUT2D eigenvalue weighted by atomic mass is 32.2. The summed E-state index contributed by atoms with van der Waals surface area (Å²) in [6.45, 7) is 10.0. The molecule has 1 aromatic carbocycles. The largest absolute Gasteiger partial charge is 0.508 e. The number of carbonyl (C=O) groups excluding carboxylic acids is 3. The number of benzene rings is 1. The number of aromatic hydroxyl groups is 1. The van der Waals surface area contributed by atoms with Crippen molar-refractivity contribution < 1.29 is 24.2 Å². The highest BCUT2D eigenvalue weighted by Gasteiger charge is 2.42. The van der Waals surface area contributed by atoms with Crippen molar-refractivity contribution in [3.8, 4) is 5.75 Å². The van der Waals surface area contributed by atoms with E-state index in [2.05, 4.69) is 41.8 Å². The summed E-state index contributed by atoms with van der Waals surface area (Å²) < 4.78 is 8.24. The van der Waals surface area contributed by atoms with Crippen molar-refractivity contribution in [3.63, 3.8) is 0 Å². The number of carbonyl (C=O) groups is 3. The van der Waals surface area contributed by atoms with Crippen LogP contribution in [-0.2, 0) is 28.9 Å². The second-order valence-electron chi connectivity index (χ2n) is 14.9. The number of nitrogens with one attached hydrogen (secondary N) is 5. The number of unbranched alkanes of at least 4 members (excludes halogenated alkanes) is 1. The maximum Gasteiger partial charge on any atom is 0.315 e. The number of phenolic OH excluding ortho intramolecular Hbond substituents is 1. The molecule has 2 aliphatic heterocycles. The van der Waals surface area contributed by atoms with Crippen molar-refractivity contribution in [2.75, 3.05) is 39.5 Å². The van der Waals surface area contributed by atoms with Gasteiger partial charge in [0.05, 0.1) is 35.5 Å². The number of amides is 5. The fourth-order valence-electron chi connectivity index (χ4n) is 6.54. The fraction of sp³-hybridized carbons (Fsp3) is 0.686. The minimum absolute atomic E-state index is 0.0540. The monoisotopic (exact) mass is 715 g/mol. The molecule has 0 saturated carbocycles. The summed E-state index contributed by atoms with van der Waals surface area (Å²) in [7, 11) is 3.96. The Hall–Kier alpha value is -3.56. The highest BCUT2D eigenvalue weighted by Crippen LogP contribution is 2.33. The van der Waals surface area contributed by atoms with E-state index in [1.165, 1.54) is 0 Å². The van der Waals surface area contributed by atoms with Gasteiger partial charge in [-0.15, -0.1) is 5.10 Å². The van der Waals surface area contributed by atoms with Crippen LogP contribution in [0.2, 0.25) is 0 Å². The lowest BCUT2D eigenvalue weighted by atomic mass is 10.0. The fourth-order valence-corrected chi connectivity index (χ4v) is 8.08. The van der Waals surface area contributed by atoms with Gasteiger partial charge >= 0.3 is 12.1 Å². The summed E-state index contributed by atoms with van der Waals surface area (Å²) >= 11 is 1.90. The first-order valence-corrected chi connectivity index (χ1v) is 18.7. The molecule has 2 saturated heterocycles. The molecule has 2 aliphatic rings. The first-order valence-electron chi connectivity index (χ1n) is 17.7. The van der Waals surface area contributed by atoms with Gasteiger partial charge in [-0.1, -0.05) is 23.8 Å². The van der Waals surface area contributed by atoms with Gasteiger partial charge in [-0.2, -0.15) is 11.8 Å². The van der Waals surface area contributed by atoms with Crippen LogP contribution in [-0.4, -0.2) is 117 Å². The molecule has 50 heavy (non-hydrogen) atoms. The number of ether oxygens (including phenoxy) is 1. The maximum atomic E-state index is 12.5. The summed E-state index contributed by atoms with van der Waals surface area (Å²) in [5.41, 5.74) is 0.854. The van der Waals surface area contributed by atoms with Gasteiger partial charge in [0.15, 0.2) is 0 Å². The number of likely N-dealkylation sites (N-methyl/N-ethyl adjacent to an activating group) is 1. The predicted molar refractivity (Wildman–Crippen MR) is 195 cm³/mol. The Labute approximate surface area is 300 Å². The number of thioether (sulfide) groups is 1. The lowest BCUT2D eigenvalue weighted by Crippen LogP contribution is -2.45. The summed E-state index contributed by atoms with van der Waals surface area (Å²) in [5, 5.41) is 33.4. The Morgan fingerprint density at radius 2 is 1.84 bits per heavy atom. The normalized spacial score (nSPS) is 19.5. The molecule has 4 rings (SSSR count). The second kappa shape index (κ2) is 18.1. The van der Waals surface area contributed by atoms with Crippen molar-refractivity contribution >= 4 is 29.7 Å². The molecule has 0 aliphatic carbocycles. The van der Waals surface area contributed by atoms with E-state index in [0.29, 0.717) is 50.7 Å². The molecule has 5 amide bonds. The van der Waals surface area contributed by atoms with E-state index in [0.717, 1.165) is 42.7 Å². The molecule has 3 heterocycles. The van der Waals surface area contributed by atoms with Crippen molar-refractivity contribution in [2.24, 2.45) is 0 Å². The van der Waals surface area contributed by atoms with Gasteiger partial charge in [0.1, 0.15) is 5.75 Å². The Morgan fingerprint density at radius 3 is 2.58 bits per heavy atom. The molecule has 0 radical (unpaired) electrons. The van der Waals surface area contributed by atoms with Crippen LogP contribution in [0.1, 0.15) is 71.1 Å². The molecule has 278 valence electrons. The topological polar surface area (TPSA) is 175 Å². The van der Waals surface area contributed by atoms with Crippen molar-refractivity contribution in [3.05, 3.63) is 41.7 Å². The van der Waals surface area contributed by atoms with Crippen LogP contribution >= 0.6 is 11.8 Å². The van der Waals surface area contributed by atoms with Crippen LogP contribution in [0.5, 0.6) is 5.75 Å². The van der Waals surface area contributed by atoms with Crippen LogP contribution in [0.15, 0.2) is 30.5 Å². The number of fused-ring (bicyclic) bond motifs is 1. The second-order valence-corrected chi connectivity index (χ2v) is 16.1. The van der Waals surface area contributed by atoms with Gasteiger partial charge in [0.25, 0.3) is 0 Å². The van der Waals surface area contributed by atoms with Crippen LogP contribution in [0.3, 0.4) is 0 Å². The molecule has 4 atom stereocenters. The Morgan fingerprint density at radius 1 is 1.08 bits per heavy atom. The standard InChI is InChI=1S/C35H57N9O5S/c1-34(2,16-18-36-30(46)10-8-7-9-29-31-28(22-50-29)39-33(48)40-31)49-35(3,4)23-44-21-25(41-42-44)15-17-37-32(47)38-20-26(43(5)6)19-24-11-13-27(45)14-12-24/h11-14,21,26,28-29,31,45H,7-10,15-20,22-23H2,1-6H3,(H,36,46)(H2,37,38,47)(H2,39,40,48)/t26-,28-,29+,31-/m0/s1. The number of nitrogens with zero attached hydrogens (tertiary/aromatic N) is 4. The number of aromatic nitrogens is 3. The van der Waals surface area contributed by atoms with Gasteiger partial charge in [-0.3, -0.25) is 4.79 Å². The molecule has 6 N–H and O–H groups in total. The van der Waals surface area contributed by atoms with Gasteiger partial charge in [-0.25, -0.2) is 14.3 Å². The van der Waals surface area contributed by atoms with E-state index < -0.39 is 11.2 Å². The van der Waals surface area contributed by atoms with Gasteiger partial charge in [-0.05, 0) is 85.2 Å². The quantitative estimate of drug-likeness (QED) is 0.0890. The molecular weight excluding hydrogens is 659 g/mol. The van der Waals surface area contributed by atoms with Crippen molar-refractivity contribution in [1.29, 1.82) is 0 Å². The number of rotatable bonds is 20. The Balaban J connectivity index is 1.08. The SMILES string of the molecule is CN(C)[C@H](CNC(=O)NCCc1cn(CC(C)(C)OC(C)(C)CCNC(=O)CCCC[C@H]2SC[C@@H]3NC(=O)N[C@@H]32)nn1)Cc1ccc(O)cc1. The number of urea groups is 2. The third kappa shape index (κ3) is 13.0. The molecule has 15 heteroatoms. The zero-order chi connectivity index (χ0) is 36.3. The summed E-state index contributed by atoms with van der Waals surface area (Å²) in [6.07, 6.45) is 7.12. The molecular formula is C35H57N9O5S. The van der Waals surface area contributed by atoms with E-state index in [4.69, 9.17) is 4.74 Å².